The fourth-order valence-electron chi connectivity index (χ4n) is 3.46. The predicted molar refractivity (Wildman–Crippen MR) is 101 cm³/mol. The van der Waals surface area contributed by atoms with E-state index in [1.807, 2.05) is 20.0 Å². The van der Waals surface area contributed by atoms with E-state index < -0.39 is 0 Å². The van der Waals surface area contributed by atoms with Crippen molar-refractivity contribution in [2.24, 2.45) is 0 Å². The summed E-state index contributed by atoms with van der Waals surface area (Å²) in [6, 6.07) is 0. The first-order chi connectivity index (χ1) is 12.6. The monoisotopic (exact) mass is 371 g/mol. The molecule has 1 aliphatic rings. The van der Waals surface area contributed by atoms with Crippen LogP contribution in [0.1, 0.15) is 39.7 Å². The number of imidazole rings is 1. The van der Waals surface area contributed by atoms with E-state index in [-0.39, 0.29) is 11.5 Å². The van der Waals surface area contributed by atoms with E-state index in [1.165, 1.54) is 11.3 Å². The van der Waals surface area contributed by atoms with E-state index in [0.717, 1.165) is 49.6 Å². The van der Waals surface area contributed by atoms with Crippen molar-refractivity contribution in [2.75, 3.05) is 6.54 Å². The average Bonchev–Trinajstić information content (AvgIpc) is 3.32. The summed E-state index contributed by atoms with van der Waals surface area (Å²) < 4.78 is 3.81. The minimum Gasteiger partial charge on any atom is -0.351 e. The summed E-state index contributed by atoms with van der Waals surface area (Å²) in [7, 11) is 0. The Morgan fingerprint density at radius 3 is 3.00 bits per heavy atom. The summed E-state index contributed by atoms with van der Waals surface area (Å²) in [5.41, 5.74) is 0.735. The molecule has 0 radical (unpaired) electrons. The van der Waals surface area contributed by atoms with Gasteiger partial charge in [0.25, 0.3) is 11.5 Å². The summed E-state index contributed by atoms with van der Waals surface area (Å²) in [5, 5.41) is 3.56. The summed E-state index contributed by atoms with van der Waals surface area (Å²) in [4.78, 5) is 35.3. The topological polar surface area (TPSA) is 81.8 Å². The van der Waals surface area contributed by atoms with Crippen molar-refractivity contribution in [2.45, 2.75) is 46.2 Å². The lowest BCUT2D eigenvalue weighted by Crippen LogP contribution is -2.25. The molecule has 0 aromatic carbocycles. The molecule has 4 heterocycles. The first-order valence-corrected chi connectivity index (χ1v) is 9.66. The Morgan fingerprint density at radius 2 is 2.23 bits per heavy atom. The third-order valence-corrected chi connectivity index (χ3v) is 6.09. The number of aromatic nitrogens is 4. The molecule has 0 atom stereocenters. The fraction of sp³-hybridized carbons (Fsp3) is 0.444. The van der Waals surface area contributed by atoms with Crippen molar-refractivity contribution in [3.8, 4) is 0 Å². The highest BCUT2D eigenvalue weighted by Crippen LogP contribution is 2.28. The van der Waals surface area contributed by atoms with E-state index in [1.54, 1.807) is 10.8 Å². The molecule has 0 aliphatic carbocycles. The second kappa shape index (κ2) is 6.68. The van der Waals surface area contributed by atoms with Gasteiger partial charge in [0.15, 0.2) is 0 Å². The van der Waals surface area contributed by atoms with Gasteiger partial charge in [-0.05, 0) is 32.3 Å². The average molecular weight is 371 g/mol. The van der Waals surface area contributed by atoms with Crippen LogP contribution in [0.4, 0.5) is 0 Å². The van der Waals surface area contributed by atoms with E-state index in [9.17, 15) is 9.59 Å². The fourth-order valence-corrected chi connectivity index (χ4v) is 4.57. The van der Waals surface area contributed by atoms with Crippen LogP contribution in [0.2, 0.25) is 0 Å². The van der Waals surface area contributed by atoms with E-state index in [4.69, 9.17) is 0 Å². The van der Waals surface area contributed by atoms with Gasteiger partial charge in [0, 0.05) is 38.4 Å². The van der Waals surface area contributed by atoms with E-state index in [2.05, 4.69) is 19.9 Å². The maximum atomic E-state index is 12.7. The number of hydrogen-bond acceptors (Lipinski definition) is 5. The van der Waals surface area contributed by atoms with Gasteiger partial charge in [0.2, 0.25) is 0 Å². The molecule has 1 aliphatic heterocycles. The maximum absolute atomic E-state index is 12.7. The first-order valence-electron chi connectivity index (χ1n) is 8.85. The van der Waals surface area contributed by atoms with Crippen molar-refractivity contribution in [1.29, 1.82) is 0 Å². The van der Waals surface area contributed by atoms with Gasteiger partial charge in [-0.1, -0.05) is 0 Å². The van der Waals surface area contributed by atoms with Crippen molar-refractivity contribution < 1.29 is 4.79 Å². The van der Waals surface area contributed by atoms with Crippen LogP contribution in [0.5, 0.6) is 0 Å². The highest BCUT2D eigenvalue weighted by atomic mass is 32.1. The van der Waals surface area contributed by atoms with Crippen LogP contribution in [0.15, 0.2) is 17.2 Å². The van der Waals surface area contributed by atoms with Crippen LogP contribution in [0.25, 0.3) is 10.2 Å². The van der Waals surface area contributed by atoms with Crippen LogP contribution in [0.3, 0.4) is 0 Å². The maximum Gasteiger partial charge on any atom is 0.262 e. The molecule has 1 amide bonds. The number of amides is 1. The molecular formula is C18H21N5O2S. The van der Waals surface area contributed by atoms with Crippen LogP contribution < -0.4 is 10.9 Å². The molecule has 136 valence electrons. The van der Waals surface area contributed by atoms with Crippen LogP contribution in [-0.2, 0) is 19.5 Å². The molecule has 0 bridgehead atoms. The smallest absolute Gasteiger partial charge is 0.262 e. The SMILES string of the molecule is Cc1c(C(=O)NCCCn2ccnc2C)sc2nc3n(c(=O)c12)CCC3. The zero-order chi connectivity index (χ0) is 18.3. The number of hydrogen-bond donors (Lipinski definition) is 1. The molecule has 1 N–H and O–H groups in total. The number of aryl methyl sites for hydroxylation is 4. The summed E-state index contributed by atoms with van der Waals surface area (Å²) in [5.74, 6) is 1.68. The molecule has 0 fully saturated rings. The lowest BCUT2D eigenvalue weighted by Gasteiger charge is -2.06. The van der Waals surface area contributed by atoms with Gasteiger partial charge < -0.3 is 9.88 Å². The molecule has 0 spiro atoms. The summed E-state index contributed by atoms with van der Waals surface area (Å²) >= 11 is 1.32. The lowest BCUT2D eigenvalue weighted by molar-refractivity contribution is 0.0956. The number of fused-ring (bicyclic) bond motifs is 2. The largest absolute Gasteiger partial charge is 0.351 e. The van der Waals surface area contributed by atoms with Crippen molar-refractivity contribution in [3.05, 3.63) is 44.8 Å². The second-order valence-corrected chi connectivity index (χ2v) is 7.60. The van der Waals surface area contributed by atoms with E-state index in [0.29, 0.717) is 21.6 Å². The van der Waals surface area contributed by atoms with Crippen molar-refractivity contribution in [3.63, 3.8) is 0 Å². The van der Waals surface area contributed by atoms with Crippen LogP contribution in [0, 0.1) is 13.8 Å². The third kappa shape index (κ3) is 2.84. The summed E-state index contributed by atoms with van der Waals surface area (Å²) in [6.07, 6.45) is 6.32. The molecule has 0 unspecified atom stereocenters. The Kier molecular flexibility index (Phi) is 4.36. The number of nitrogens with zero attached hydrogens (tertiary/aromatic N) is 4. The van der Waals surface area contributed by atoms with Crippen LogP contribution in [-0.4, -0.2) is 31.6 Å². The quantitative estimate of drug-likeness (QED) is 0.696. The normalized spacial score (nSPS) is 13.3. The Balaban J connectivity index is 1.49. The third-order valence-electron chi connectivity index (χ3n) is 4.90. The van der Waals surface area contributed by atoms with E-state index >= 15 is 0 Å². The highest BCUT2D eigenvalue weighted by molar-refractivity contribution is 7.20. The zero-order valence-electron chi connectivity index (χ0n) is 14.9. The molecule has 0 saturated carbocycles. The zero-order valence-corrected chi connectivity index (χ0v) is 15.7. The van der Waals surface area contributed by atoms with Gasteiger partial charge in [-0.3, -0.25) is 14.2 Å². The standard InChI is InChI=1S/C18H21N5O2S/c1-11-14-17(21-13-5-3-9-23(13)18(14)25)26-15(11)16(24)20-6-4-8-22-10-7-19-12(22)2/h7,10H,3-6,8-9H2,1-2H3,(H,20,24). The number of thiophene rings is 1. The van der Waals surface area contributed by atoms with Crippen molar-refractivity contribution in [1.82, 2.24) is 24.4 Å². The van der Waals surface area contributed by atoms with Gasteiger partial charge in [0.1, 0.15) is 16.5 Å². The Labute approximate surface area is 154 Å². The van der Waals surface area contributed by atoms with Gasteiger partial charge in [-0.25, -0.2) is 9.97 Å². The number of nitrogens with one attached hydrogen (secondary N) is 1. The Hall–Kier alpha value is -2.48. The Bertz CT molecular complexity index is 1050. The first kappa shape index (κ1) is 17.0. The predicted octanol–water partition coefficient (Wildman–Crippen LogP) is 2.04. The summed E-state index contributed by atoms with van der Waals surface area (Å²) in [6.45, 7) is 5.91. The van der Waals surface area contributed by atoms with Crippen molar-refractivity contribution >= 4 is 27.5 Å². The molecule has 8 heteroatoms. The minimum absolute atomic E-state index is 0.00844. The van der Waals surface area contributed by atoms with Gasteiger partial charge in [-0.15, -0.1) is 11.3 Å². The van der Waals surface area contributed by atoms with Gasteiger partial charge >= 0.3 is 0 Å². The van der Waals surface area contributed by atoms with Crippen LogP contribution >= 0.6 is 11.3 Å². The second-order valence-electron chi connectivity index (χ2n) is 6.60. The highest BCUT2D eigenvalue weighted by Gasteiger charge is 2.23. The molecule has 7 nitrogen and oxygen atoms in total. The number of carbonyl (C=O) groups is 1. The van der Waals surface area contributed by atoms with Gasteiger partial charge in [0.05, 0.1) is 10.3 Å². The number of rotatable bonds is 5. The molecule has 0 saturated heterocycles. The molecule has 4 rings (SSSR count). The molecule has 3 aromatic rings. The van der Waals surface area contributed by atoms with Gasteiger partial charge in [-0.2, -0.15) is 0 Å². The Morgan fingerprint density at radius 1 is 1.38 bits per heavy atom. The molecule has 3 aromatic heterocycles. The lowest BCUT2D eigenvalue weighted by atomic mass is 10.2. The number of carbonyl (C=O) groups excluding carboxylic acids is 1. The molecule has 26 heavy (non-hydrogen) atoms. The minimum atomic E-state index is -0.127. The molecular weight excluding hydrogens is 350 g/mol.